The highest BCUT2D eigenvalue weighted by molar-refractivity contribution is 5.76. The largest absolute Gasteiger partial charge is 0.467 e. The number of esters is 2. The number of ether oxygens (including phenoxy) is 11. The molecule has 7 aromatic carbocycles. The topological polar surface area (TPSA) is 136 Å². The average Bonchev–Trinajstić information content (AvgIpc) is 3.47. The zero-order chi connectivity index (χ0) is 51.4. The molecule has 2 heterocycles. The number of rotatable bonds is 24. The van der Waals surface area contributed by atoms with Gasteiger partial charge in [-0.05, 0) is 38.9 Å². The molecule has 0 amide bonds. The summed E-state index contributed by atoms with van der Waals surface area (Å²) in [6.45, 7) is 0.476. The summed E-state index contributed by atoms with van der Waals surface area (Å²) < 4.78 is 73.4. The molecule has 0 unspecified atom stereocenters. The van der Waals surface area contributed by atoms with Gasteiger partial charge in [0.15, 0.2) is 24.8 Å². The third-order valence-corrected chi connectivity index (χ3v) is 12.9. The van der Waals surface area contributed by atoms with Gasteiger partial charge in [0.1, 0.15) is 43.2 Å². The van der Waals surface area contributed by atoms with Crippen molar-refractivity contribution in [1.82, 2.24) is 0 Å². The monoisotopic (exact) mass is 1010 g/mol. The molecular formula is C62H62O13. The van der Waals surface area contributed by atoms with Crippen LogP contribution in [0.4, 0.5) is 0 Å². The molecule has 2 aliphatic rings. The zero-order valence-electron chi connectivity index (χ0n) is 41.7. The van der Waals surface area contributed by atoms with Gasteiger partial charge >= 0.3 is 11.9 Å². The van der Waals surface area contributed by atoms with E-state index in [2.05, 4.69) is 0 Å². The summed E-state index contributed by atoms with van der Waals surface area (Å²) in [6, 6.07) is 67.1. The predicted octanol–water partition coefficient (Wildman–Crippen LogP) is 9.88. The van der Waals surface area contributed by atoms with Crippen LogP contribution in [0.2, 0.25) is 0 Å². The van der Waals surface area contributed by atoms with Gasteiger partial charge in [0.25, 0.3) is 0 Å². The van der Waals surface area contributed by atoms with Crippen molar-refractivity contribution in [3.05, 3.63) is 251 Å². The van der Waals surface area contributed by atoms with Crippen molar-refractivity contribution in [3.8, 4) is 0 Å². The van der Waals surface area contributed by atoms with Crippen molar-refractivity contribution in [1.29, 1.82) is 0 Å². The first kappa shape index (κ1) is 53.0. The number of carbonyl (C=O) groups is 2. The minimum absolute atomic E-state index is 0.0657. The first-order valence-electron chi connectivity index (χ1n) is 25.2. The van der Waals surface area contributed by atoms with E-state index in [1.54, 1.807) is 0 Å². The Morgan fingerprint density at radius 1 is 0.320 bits per heavy atom. The molecule has 13 nitrogen and oxygen atoms in total. The first-order chi connectivity index (χ1) is 37.0. The molecule has 2 aliphatic heterocycles. The summed E-state index contributed by atoms with van der Waals surface area (Å²) in [6.07, 6.45) is -12.5. The first-order valence-corrected chi connectivity index (χ1v) is 25.2. The van der Waals surface area contributed by atoms with E-state index in [0.717, 1.165) is 38.9 Å². The number of carbonyl (C=O) groups excluding carboxylic acids is 2. The molecule has 0 saturated carbocycles. The van der Waals surface area contributed by atoms with Gasteiger partial charge in [-0.1, -0.05) is 212 Å². The lowest BCUT2D eigenvalue weighted by Crippen LogP contribution is -2.67. The summed E-state index contributed by atoms with van der Waals surface area (Å²) in [4.78, 5) is 29.2. The average molecular weight is 1020 g/mol. The van der Waals surface area contributed by atoms with E-state index < -0.39 is 73.4 Å². The van der Waals surface area contributed by atoms with E-state index in [9.17, 15) is 9.59 Å². The fourth-order valence-corrected chi connectivity index (χ4v) is 8.97. The summed E-state index contributed by atoms with van der Waals surface area (Å²) in [5, 5.41) is 0. The fourth-order valence-electron chi connectivity index (χ4n) is 8.97. The van der Waals surface area contributed by atoms with Gasteiger partial charge < -0.3 is 52.1 Å². The second-order valence-electron chi connectivity index (χ2n) is 18.2. The van der Waals surface area contributed by atoms with Crippen LogP contribution in [0.25, 0.3) is 0 Å². The Labute approximate surface area is 438 Å². The van der Waals surface area contributed by atoms with Crippen LogP contribution in [0, 0.1) is 0 Å². The smallest absolute Gasteiger partial charge is 0.338 e. The highest BCUT2D eigenvalue weighted by Crippen LogP contribution is 2.37. The van der Waals surface area contributed by atoms with Crippen LogP contribution in [-0.4, -0.2) is 80.5 Å². The van der Waals surface area contributed by atoms with E-state index >= 15 is 0 Å². The molecular weight excluding hydrogens is 953 g/mol. The normalized spacial score (nSPS) is 23.5. The Morgan fingerprint density at radius 3 is 0.973 bits per heavy atom. The molecule has 0 spiro atoms. The predicted molar refractivity (Wildman–Crippen MR) is 277 cm³/mol. The molecule has 0 radical (unpaired) electrons. The van der Waals surface area contributed by atoms with Gasteiger partial charge in [0.2, 0.25) is 0 Å². The van der Waals surface area contributed by atoms with Crippen molar-refractivity contribution in [2.45, 2.75) is 108 Å². The number of methoxy groups -OCH3 is 1. The SMILES string of the molecule is COC(=O)[C@H]1O[C@@H](O[C@@H]2[C@H](OCc3ccccc3)[C@@H](OCc3ccccc3)[C@H](OCc3ccccc3)O[C@@H]2C(=O)OCc2ccccc2)[C@H](OCc2ccccc2)[C@@H](OCc2ccccc2)[C@H]1OCc1ccccc1. The maximum atomic E-state index is 15.0. The standard InChI is InChI=1S/C62H62O13/c1-65-59(63)55-51(66-37-44-23-9-2-10-24-44)52(67-38-45-25-11-3-12-26-45)58(70-41-48-31-17-6-18-32-48)62(75-55)73-54-53(68-39-46-27-13-4-14-28-46)57(69-40-47-29-15-5-16-30-47)61(72-43-50-35-21-8-22-36-50)74-56(54)60(64)71-42-49-33-19-7-20-34-49/h2-36,51-58,61-62H,37-43H2,1H3/t51-,52+,53+,54-,55+,56+,57-,58-,61-,62-/m1/s1. The highest BCUT2D eigenvalue weighted by Gasteiger charge is 2.57. The van der Waals surface area contributed by atoms with E-state index in [0.29, 0.717) is 0 Å². The molecule has 2 fully saturated rings. The Hall–Kier alpha value is -6.88. The zero-order valence-corrected chi connectivity index (χ0v) is 41.7. The Bertz CT molecular complexity index is 2740. The Balaban J connectivity index is 1.14. The minimum Gasteiger partial charge on any atom is -0.467 e. The molecule has 7 aromatic rings. The van der Waals surface area contributed by atoms with E-state index in [1.165, 1.54) is 7.11 Å². The fraction of sp³-hybridized carbons (Fsp3) is 0.290. The number of hydrogen-bond donors (Lipinski definition) is 0. The molecule has 0 aliphatic carbocycles. The van der Waals surface area contributed by atoms with Gasteiger partial charge in [-0.25, -0.2) is 9.59 Å². The lowest BCUT2D eigenvalue weighted by molar-refractivity contribution is -0.369. The minimum atomic E-state index is -1.53. The van der Waals surface area contributed by atoms with Crippen LogP contribution < -0.4 is 0 Å². The molecule has 9 rings (SSSR count). The summed E-state index contributed by atoms with van der Waals surface area (Å²) >= 11 is 0. The summed E-state index contributed by atoms with van der Waals surface area (Å²) in [5.41, 5.74) is 5.87. The van der Waals surface area contributed by atoms with Crippen molar-refractivity contribution < 1.29 is 61.7 Å². The lowest BCUT2D eigenvalue weighted by Gasteiger charge is -2.49. The van der Waals surface area contributed by atoms with E-state index in [1.807, 2.05) is 212 Å². The van der Waals surface area contributed by atoms with Crippen LogP contribution >= 0.6 is 0 Å². The lowest BCUT2D eigenvalue weighted by atomic mass is 9.95. The van der Waals surface area contributed by atoms with Crippen molar-refractivity contribution in [2.75, 3.05) is 7.11 Å². The van der Waals surface area contributed by atoms with Crippen molar-refractivity contribution in [3.63, 3.8) is 0 Å². The summed E-state index contributed by atoms with van der Waals surface area (Å²) in [5.74, 6) is -1.51. The van der Waals surface area contributed by atoms with Crippen LogP contribution in [0.15, 0.2) is 212 Å². The molecule has 388 valence electrons. The van der Waals surface area contributed by atoms with Crippen LogP contribution in [0.5, 0.6) is 0 Å². The number of hydrogen-bond acceptors (Lipinski definition) is 13. The highest BCUT2D eigenvalue weighted by atomic mass is 16.8. The van der Waals surface area contributed by atoms with Crippen LogP contribution in [0.3, 0.4) is 0 Å². The van der Waals surface area contributed by atoms with Crippen molar-refractivity contribution >= 4 is 11.9 Å². The Morgan fingerprint density at radius 2 is 0.600 bits per heavy atom. The second kappa shape index (κ2) is 27.6. The van der Waals surface area contributed by atoms with Crippen molar-refractivity contribution in [2.24, 2.45) is 0 Å². The number of benzene rings is 7. The van der Waals surface area contributed by atoms with E-state index in [4.69, 9.17) is 52.1 Å². The Kier molecular flexibility index (Phi) is 19.5. The maximum absolute atomic E-state index is 15.0. The van der Waals surface area contributed by atoms with Gasteiger partial charge in [-0.2, -0.15) is 0 Å². The van der Waals surface area contributed by atoms with Crippen LogP contribution in [-0.2, 0) is 108 Å². The molecule has 0 N–H and O–H groups in total. The van der Waals surface area contributed by atoms with Gasteiger partial charge in [-0.3, -0.25) is 0 Å². The van der Waals surface area contributed by atoms with Gasteiger partial charge in [-0.15, -0.1) is 0 Å². The summed E-state index contributed by atoms with van der Waals surface area (Å²) in [7, 11) is 1.28. The van der Waals surface area contributed by atoms with Gasteiger partial charge in [0, 0.05) is 0 Å². The molecule has 10 atom stereocenters. The molecule has 0 aromatic heterocycles. The molecule has 75 heavy (non-hydrogen) atoms. The molecule has 13 heteroatoms. The third-order valence-electron chi connectivity index (χ3n) is 12.9. The van der Waals surface area contributed by atoms with E-state index in [-0.39, 0.29) is 46.2 Å². The third kappa shape index (κ3) is 14.9. The second-order valence-corrected chi connectivity index (χ2v) is 18.2. The van der Waals surface area contributed by atoms with Crippen LogP contribution in [0.1, 0.15) is 38.9 Å². The van der Waals surface area contributed by atoms with Gasteiger partial charge in [0.05, 0.1) is 46.8 Å². The quantitative estimate of drug-likeness (QED) is 0.0532. The maximum Gasteiger partial charge on any atom is 0.338 e. The molecule has 0 bridgehead atoms. The molecule has 2 saturated heterocycles.